The monoisotopic (exact) mass is 542 g/mol. The Morgan fingerprint density at radius 1 is 1.16 bits per heavy atom. The predicted molar refractivity (Wildman–Crippen MR) is 150 cm³/mol. The summed E-state index contributed by atoms with van der Waals surface area (Å²) in [5.41, 5.74) is 6.60. The molecule has 3 aromatic heterocycles. The Bertz CT molecular complexity index is 1450. The van der Waals surface area contributed by atoms with Crippen LogP contribution in [0.25, 0.3) is 11.4 Å². The smallest absolute Gasteiger partial charge is 0.232 e. The molecule has 1 unspecified atom stereocenters. The van der Waals surface area contributed by atoms with E-state index in [2.05, 4.69) is 40.6 Å². The number of pyridine rings is 2. The minimum absolute atomic E-state index is 0. The highest BCUT2D eigenvalue weighted by atomic mass is 32.2. The average molecular weight is 543 g/mol. The zero-order valence-electron chi connectivity index (χ0n) is 22.4. The van der Waals surface area contributed by atoms with Crippen LogP contribution in [-0.2, 0) is 9.84 Å². The molecule has 38 heavy (non-hydrogen) atoms. The van der Waals surface area contributed by atoms with Gasteiger partial charge in [-0.1, -0.05) is 26.8 Å². The predicted octanol–water partition coefficient (Wildman–Crippen LogP) is 4.32. The van der Waals surface area contributed by atoms with E-state index < -0.39 is 21.4 Å². The van der Waals surface area contributed by atoms with E-state index in [1.165, 1.54) is 18.2 Å². The maximum absolute atomic E-state index is 13.5. The number of nitrogens with two attached hydrogens (primary N) is 1. The number of ether oxygens (including phenoxy) is 1. The van der Waals surface area contributed by atoms with Crippen molar-refractivity contribution in [1.29, 1.82) is 0 Å². The minimum Gasteiger partial charge on any atom is -0.476 e. The number of aromatic nitrogens is 4. The standard InChI is InChI=1S/C27H34N6O4S.2H2/c1-17(2)15-37-24-13-29-12-21(30-24)20-10-9-19(26(31-20)33-14-18(3)11-27(33,4)5)22(34)16-38(35,36)25-8-6-7-23(28)32-25;;/h6-10,12-13,17-18H,11,14-16H2,1-5H3,(H2,28,32);2*1H. The molecule has 1 aliphatic rings. The molecule has 0 saturated carbocycles. The maximum Gasteiger partial charge on any atom is 0.232 e. The third kappa shape index (κ3) is 6.09. The molecule has 0 radical (unpaired) electrons. The van der Waals surface area contributed by atoms with Crippen LogP contribution >= 0.6 is 0 Å². The van der Waals surface area contributed by atoms with Gasteiger partial charge in [-0.2, -0.15) is 0 Å². The van der Waals surface area contributed by atoms with E-state index in [4.69, 9.17) is 15.5 Å². The van der Waals surface area contributed by atoms with Crippen LogP contribution in [0.3, 0.4) is 0 Å². The van der Waals surface area contributed by atoms with Gasteiger partial charge in [0.05, 0.1) is 30.3 Å². The largest absolute Gasteiger partial charge is 0.476 e. The van der Waals surface area contributed by atoms with Crippen LogP contribution in [-0.4, -0.2) is 58.6 Å². The molecule has 11 heteroatoms. The number of ketones is 1. The van der Waals surface area contributed by atoms with Crippen molar-refractivity contribution in [3.05, 3.63) is 48.3 Å². The van der Waals surface area contributed by atoms with E-state index in [0.29, 0.717) is 48.1 Å². The number of hydrogen-bond acceptors (Lipinski definition) is 10. The number of carbonyl (C=O) groups is 1. The number of nitrogens with zero attached hydrogens (tertiary/aromatic N) is 5. The zero-order valence-corrected chi connectivity index (χ0v) is 23.2. The Hall–Kier alpha value is -3.60. The lowest BCUT2D eigenvalue weighted by Gasteiger charge is -2.34. The van der Waals surface area contributed by atoms with Crippen LogP contribution in [0.2, 0.25) is 0 Å². The van der Waals surface area contributed by atoms with Crippen LogP contribution in [0.15, 0.2) is 47.8 Å². The molecular formula is C27H38N6O4S. The van der Waals surface area contributed by atoms with Gasteiger partial charge >= 0.3 is 0 Å². The molecule has 0 aromatic carbocycles. The van der Waals surface area contributed by atoms with Crippen LogP contribution in [0.4, 0.5) is 11.6 Å². The topological polar surface area (TPSA) is 141 Å². The van der Waals surface area contributed by atoms with E-state index >= 15 is 0 Å². The van der Waals surface area contributed by atoms with Gasteiger partial charge in [-0.3, -0.25) is 9.78 Å². The fourth-order valence-corrected chi connectivity index (χ4v) is 5.87. The molecule has 1 fully saturated rings. The molecule has 0 bridgehead atoms. The summed E-state index contributed by atoms with van der Waals surface area (Å²) >= 11 is 0. The van der Waals surface area contributed by atoms with Crippen LogP contribution in [0.5, 0.6) is 5.88 Å². The summed E-state index contributed by atoms with van der Waals surface area (Å²) in [4.78, 5) is 33.1. The first-order valence-corrected chi connectivity index (χ1v) is 14.2. The van der Waals surface area contributed by atoms with Crippen LogP contribution < -0.4 is 15.4 Å². The fraction of sp³-hybridized carbons (Fsp3) is 0.444. The van der Waals surface area contributed by atoms with Gasteiger partial charge in [-0.05, 0) is 56.4 Å². The molecule has 1 atom stereocenters. The summed E-state index contributed by atoms with van der Waals surface area (Å²) in [5, 5.41) is -0.236. The van der Waals surface area contributed by atoms with E-state index in [9.17, 15) is 13.2 Å². The van der Waals surface area contributed by atoms with Crippen molar-refractivity contribution in [3.63, 3.8) is 0 Å². The quantitative estimate of drug-likeness (QED) is 0.388. The number of sulfone groups is 1. The first kappa shape index (κ1) is 27.4. The summed E-state index contributed by atoms with van der Waals surface area (Å²) in [6.07, 6.45) is 4.03. The normalized spacial score (nSPS) is 17.1. The molecule has 206 valence electrons. The number of carbonyl (C=O) groups excluding carboxylic acids is 1. The van der Waals surface area contributed by atoms with Crippen LogP contribution in [0, 0.1) is 11.8 Å². The second kappa shape index (κ2) is 10.6. The highest BCUT2D eigenvalue weighted by Gasteiger charge is 2.39. The van der Waals surface area contributed by atoms with E-state index in [0.717, 1.165) is 6.42 Å². The van der Waals surface area contributed by atoms with Crippen molar-refractivity contribution in [2.45, 2.75) is 51.6 Å². The SMILES string of the molecule is CC(C)COc1cncc(-c2ccc(C(=O)CS(=O)(=O)c3cccc(N)n3)c(N3CC(C)CC3(C)C)n2)n1.[HH].[HH]. The van der Waals surface area contributed by atoms with E-state index in [1.54, 1.807) is 24.5 Å². The first-order valence-electron chi connectivity index (χ1n) is 12.6. The van der Waals surface area contributed by atoms with Crippen molar-refractivity contribution in [3.8, 4) is 17.3 Å². The average Bonchev–Trinajstić information content (AvgIpc) is 3.13. The molecule has 1 aliphatic heterocycles. The first-order chi connectivity index (χ1) is 17.9. The van der Waals surface area contributed by atoms with Gasteiger partial charge in [0.2, 0.25) is 15.7 Å². The molecule has 0 amide bonds. The summed E-state index contributed by atoms with van der Waals surface area (Å²) in [7, 11) is -4.02. The molecule has 2 N–H and O–H groups in total. The molecule has 10 nitrogen and oxygen atoms in total. The van der Waals surface area contributed by atoms with Crippen molar-refractivity contribution >= 4 is 27.3 Å². The van der Waals surface area contributed by atoms with Crippen molar-refractivity contribution in [1.82, 2.24) is 19.9 Å². The summed E-state index contributed by atoms with van der Waals surface area (Å²) in [6.45, 7) is 11.6. The number of Topliss-reactive ketones (excluding diaryl/α,β-unsaturated/α-hetero) is 1. The van der Waals surface area contributed by atoms with E-state index in [-0.39, 0.29) is 24.8 Å². The van der Waals surface area contributed by atoms with E-state index in [1.807, 2.05) is 13.8 Å². The summed E-state index contributed by atoms with van der Waals surface area (Å²) < 4.78 is 31.7. The number of rotatable bonds is 9. The third-order valence-corrected chi connectivity index (χ3v) is 7.84. The van der Waals surface area contributed by atoms with Gasteiger partial charge in [0, 0.05) is 14.9 Å². The highest BCUT2D eigenvalue weighted by Crippen LogP contribution is 2.38. The molecule has 4 heterocycles. The molecule has 1 saturated heterocycles. The van der Waals surface area contributed by atoms with Crippen molar-refractivity contribution in [2.75, 3.05) is 29.5 Å². The molecule has 0 spiro atoms. The molecular weight excluding hydrogens is 504 g/mol. The lowest BCUT2D eigenvalue weighted by atomic mass is 9.97. The lowest BCUT2D eigenvalue weighted by molar-refractivity contribution is 0.102. The van der Waals surface area contributed by atoms with Gasteiger partial charge in [-0.25, -0.2) is 23.4 Å². The Labute approximate surface area is 226 Å². The Morgan fingerprint density at radius 3 is 2.58 bits per heavy atom. The fourth-order valence-electron chi connectivity index (χ4n) is 4.70. The lowest BCUT2D eigenvalue weighted by Crippen LogP contribution is -2.40. The minimum atomic E-state index is -4.02. The molecule has 3 aromatic rings. The Kier molecular flexibility index (Phi) is 7.68. The maximum atomic E-state index is 13.5. The van der Waals surface area contributed by atoms with Gasteiger partial charge in [0.15, 0.2) is 10.8 Å². The van der Waals surface area contributed by atoms with Crippen molar-refractivity contribution < 1.29 is 20.8 Å². The highest BCUT2D eigenvalue weighted by molar-refractivity contribution is 7.92. The number of hydrogen-bond donors (Lipinski definition) is 1. The van der Waals surface area contributed by atoms with Crippen molar-refractivity contribution in [2.24, 2.45) is 11.8 Å². The number of anilines is 2. The second-order valence-corrected chi connectivity index (χ2v) is 12.8. The number of nitrogen functional groups attached to an aromatic ring is 1. The third-order valence-electron chi connectivity index (χ3n) is 6.33. The Morgan fingerprint density at radius 2 is 1.92 bits per heavy atom. The molecule has 0 aliphatic carbocycles. The summed E-state index contributed by atoms with van der Waals surface area (Å²) in [5.74, 6) is 0.250. The van der Waals surface area contributed by atoms with Gasteiger partial charge in [-0.15, -0.1) is 0 Å². The zero-order chi connectivity index (χ0) is 27.7. The second-order valence-electron chi connectivity index (χ2n) is 10.8. The van der Waals surface area contributed by atoms with Gasteiger partial charge < -0.3 is 15.4 Å². The Balaban J connectivity index is 0.00000280. The van der Waals surface area contributed by atoms with Gasteiger partial charge in [0.1, 0.15) is 23.1 Å². The summed E-state index contributed by atoms with van der Waals surface area (Å²) in [6, 6.07) is 7.59. The van der Waals surface area contributed by atoms with Gasteiger partial charge in [0.25, 0.3) is 0 Å². The van der Waals surface area contributed by atoms with Crippen LogP contribution in [0.1, 0.15) is 54.3 Å². The molecule has 4 rings (SSSR count).